The molecular weight excluding hydrogens is 381 g/mol. The van der Waals surface area contributed by atoms with Crippen molar-refractivity contribution in [2.45, 2.75) is 32.6 Å². The molecule has 1 aliphatic rings. The summed E-state index contributed by atoms with van der Waals surface area (Å²) in [4.78, 5) is 26.5. The van der Waals surface area contributed by atoms with Crippen LogP contribution in [0.1, 0.15) is 47.4 Å². The van der Waals surface area contributed by atoms with Gasteiger partial charge in [0.1, 0.15) is 10.8 Å². The monoisotopic (exact) mass is 405 g/mol. The number of rotatable bonds is 5. The SMILES string of the molecule is CC(C)CNC(=O)N1CCC[C@H](c2nnc(C(=O)Nc3ccc(F)cc3)s2)C1. The fourth-order valence-electron chi connectivity index (χ4n) is 2.98. The minimum absolute atomic E-state index is 0.0582. The third kappa shape index (κ3) is 5.25. The third-order valence-corrected chi connectivity index (χ3v) is 5.54. The number of hydrogen-bond donors (Lipinski definition) is 2. The number of carbonyl (C=O) groups excluding carboxylic acids is 2. The lowest BCUT2D eigenvalue weighted by atomic mass is 9.99. The molecule has 9 heteroatoms. The summed E-state index contributed by atoms with van der Waals surface area (Å²) in [5.74, 6) is -0.272. The van der Waals surface area contributed by atoms with Gasteiger partial charge in [-0.25, -0.2) is 9.18 Å². The van der Waals surface area contributed by atoms with Gasteiger partial charge in [-0.1, -0.05) is 25.2 Å². The van der Waals surface area contributed by atoms with Crippen LogP contribution in [-0.4, -0.2) is 46.7 Å². The molecule has 1 aromatic heterocycles. The lowest BCUT2D eigenvalue weighted by molar-refractivity contribution is 0.102. The van der Waals surface area contributed by atoms with Gasteiger partial charge in [-0.2, -0.15) is 0 Å². The molecule has 0 saturated carbocycles. The summed E-state index contributed by atoms with van der Waals surface area (Å²) < 4.78 is 13.0. The van der Waals surface area contributed by atoms with Crippen molar-refractivity contribution < 1.29 is 14.0 Å². The molecule has 1 fully saturated rings. The second kappa shape index (κ2) is 9.09. The van der Waals surface area contributed by atoms with Gasteiger partial charge in [0.2, 0.25) is 5.01 Å². The van der Waals surface area contributed by atoms with Gasteiger partial charge < -0.3 is 15.5 Å². The molecule has 1 aromatic carbocycles. The molecule has 3 rings (SSSR count). The van der Waals surface area contributed by atoms with E-state index in [9.17, 15) is 14.0 Å². The minimum Gasteiger partial charge on any atom is -0.338 e. The van der Waals surface area contributed by atoms with Crippen LogP contribution in [0.5, 0.6) is 0 Å². The summed E-state index contributed by atoms with van der Waals surface area (Å²) >= 11 is 1.24. The molecule has 1 aliphatic heterocycles. The lowest BCUT2D eigenvalue weighted by Gasteiger charge is -2.31. The number of carbonyl (C=O) groups is 2. The van der Waals surface area contributed by atoms with E-state index >= 15 is 0 Å². The van der Waals surface area contributed by atoms with Crippen LogP contribution in [-0.2, 0) is 0 Å². The Bertz CT molecular complexity index is 824. The second-order valence-corrected chi connectivity index (χ2v) is 8.28. The molecule has 7 nitrogen and oxygen atoms in total. The predicted molar refractivity (Wildman–Crippen MR) is 106 cm³/mol. The summed E-state index contributed by atoms with van der Waals surface area (Å²) in [6.45, 7) is 6.04. The van der Waals surface area contributed by atoms with Crippen LogP contribution in [0.25, 0.3) is 0 Å². The summed E-state index contributed by atoms with van der Waals surface area (Å²) in [6, 6.07) is 5.48. The van der Waals surface area contributed by atoms with Gasteiger partial charge in [0.25, 0.3) is 5.91 Å². The Balaban J connectivity index is 1.60. The fraction of sp³-hybridized carbons (Fsp3) is 0.474. The Morgan fingerprint density at radius 1 is 1.29 bits per heavy atom. The average molecular weight is 405 g/mol. The summed E-state index contributed by atoms with van der Waals surface area (Å²) in [5, 5.41) is 14.8. The van der Waals surface area contributed by atoms with E-state index in [-0.39, 0.29) is 28.7 Å². The van der Waals surface area contributed by atoms with Crippen LogP contribution in [0.3, 0.4) is 0 Å². The molecule has 2 N–H and O–H groups in total. The molecular formula is C19H24FN5O2S. The minimum atomic E-state index is -0.377. The van der Waals surface area contributed by atoms with Crippen molar-refractivity contribution in [3.05, 3.63) is 40.1 Å². The van der Waals surface area contributed by atoms with Gasteiger partial charge >= 0.3 is 6.03 Å². The van der Waals surface area contributed by atoms with Crippen molar-refractivity contribution >= 4 is 29.0 Å². The number of likely N-dealkylation sites (tertiary alicyclic amines) is 1. The summed E-state index contributed by atoms with van der Waals surface area (Å²) in [5.41, 5.74) is 0.494. The molecule has 0 aliphatic carbocycles. The number of nitrogens with zero attached hydrogens (tertiary/aromatic N) is 3. The van der Waals surface area contributed by atoms with Crippen molar-refractivity contribution in [1.29, 1.82) is 0 Å². The smallest absolute Gasteiger partial charge is 0.317 e. The highest BCUT2D eigenvalue weighted by Crippen LogP contribution is 2.29. The van der Waals surface area contributed by atoms with Crippen LogP contribution >= 0.6 is 11.3 Å². The first kappa shape index (κ1) is 20.2. The molecule has 2 aromatic rings. The first-order valence-electron chi connectivity index (χ1n) is 9.35. The Kier molecular flexibility index (Phi) is 6.56. The van der Waals surface area contributed by atoms with Crippen LogP contribution in [0.2, 0.25) is 0 Å². The van der Waals surface area contributed by atoms with E-state index in [0.29, 0.717) is 24.7 Å². The third-order valence-electron chi connectivity index (χ3n) is 4.46. The predicted octanol–water partition coefficient (Wildman–Crippen LogP) is 3.47. The average Bonchev–Trinajstić information content (AvgIpc) is 3.18. The Hall–Kier alpha value is -2.55. The Morgan fingerprint density at radius 2 is 2.04 bits per heavy atom. The van der Waals surface area contributed by atoms with Crippen molar-refractivity contribution in [2.24, 2.45) is 5.92 Å². The molecule has 0 unspecified atom stereocenters. The van der Waals surface area contributed by atoms with Gasteiger partial charge in [-0.3, -0.25) is 4.79 Å². The highest BCUT2D eigenvalue weighted by Gasteiger charge is 2.28. The molecule has 0 bridgehead atoms. The van der Waals surface area contributed by atoms with E-state index in [1.807, 2.05) is 0 Å². The highest BCUT2D eigenvalue weighted by molar-refractivity contribution is 7.13. The van der Waals surface area contributed by atoms with Crippen LogP contribution in [0.4, 0.5) is 14.9 Å². The van der Waals surface area contributed by atoms with Crippen molar-refractivity contribution in [3.8, 4) is 0 Å². The van der Waals surface area contributed by atoms with Crippen LogP contribution in [0, 0.1) is 11.7 Å². The maximum absolute atomic E-state index is 13.0. The fourth-order valence-corrected chi connectivity index (χ4v) is 3.84. The number of nitrogens with one attached hydrogen (secondary N) is 2. The number of benzene rings is 1. The largest absolute Gasteiger partial charge is 0.338 e. The summed E-state index contributed by atoms with van der Waals surface area (Å²) in [6.07, 6.45) is 1.79. The van der Waals surface area contributed by atoms with Gasteiger partial charge in [0.05, 0.1) is 0 Å². The number of anilines is 1. The summed E-state index contributed by atoms with van der Waals surface area (Å²) in [7, 11) is 0. The number of hydrogen-bond acceptors (Lipinski definition) is 5. The van der Waals surface area contributed by atoms with E-state index in [4.69, 9.17) is 0 Å². The molecule has 0 radical (unpaired) electrons. The molecule has 2 heterocycles. The molecule has 150 valence electrons. The van der Waals surface area contributed by atoms with E-state index in [1.165, 1.54) is 35.6 Å². The van der Waals surface area contributed by atoms with E-state index < -0.39 is 0 Å². The molecule has 3 amide bonds. The number of urea groups is 1. The molecule has 28 heavy (non-hydrogen) atoms. The highest BCUT2D eigenvalue weighted by atomic mass is 32.1. The first-order chi connectivity index (χ1) is 13.4. The van der Waals surface area contributed by atoms with Crippen LogP contribution in [0.15, 0.2) is 24.3 Å². The van der Waals surface area contributed by atoms with E-state index in [1.54, 1.807) is 4.90 Å². The molecule has 1 atom stereocenters. The van der Waals surface area contributed by atoms with E-state index in [0.717, 1.165) is 24.4 Å². The zero-order valence-electron chi connectivity index (χ0n) is 15.9. The maximum Gasteiger partial charge on any atom is 0.317 e. The first-order valence-corrected chi connectivity index (χ1v) is 10.2. The van der Waals surface area contributed by atoms with Gasteiger partial charge in [-0.05, 0) is 43.0 Å². The van der Waals surface area contributed by atoms with Gasteiger partial charge in [0.15, 0.2) is 0 Å². The van der Waals surface area contributed by atoms with Crippen molar-refractivity contribution in [2.75, 3.05) is 25.0 Å². The van der Waals surface area contributed by atoms with Crippen molar-refractivity contribution in [3.63, 3.8) is 0 Å². The second-order valence-electron chi connectivity index (χ2n) is 7.27. The quantitative estimate of drug-likeness (QED) is 0.797. The molecule has 0 spiro atoms. The van der Waals surface area contributed by atoms with Crippen molar-refractivity contribution in [1.82, 2.24) is 20.4 Å². The normalized spacial score (nSPS) is 16.9. The Labute approximate surface area is 167 Å². The zero-order valence-corrected chi connectivity index (χ0v) is 16.8. The standard InChI is InChI=1S/C19H24FN5O2S/c1-12(2)10-21-19(27)25-9-3-4-13(11-25)17-23-24-18(28-17)16(26)22-15-7-5-14(20)6-8-15/h5-8,12-13H,3-4,9-11H2,1-2H3,(H,21,27)(H,22,26)/t13-/m0/s1. The van der Waals surface area contributed by atoms with Gasteiger partial charge in [-0.15, -0.1) is 10.2 Å². The number of amides is 3. The Morgan fingerprint density at radius 3 is 2.75 bits per heavy atom. The van der Waals surface area contributed by atoms with Gasteiger partial charge in [0, 0.05) is 31.2 Å². The maximum atomic E-state index is 13.0. The van der Waals surface area contributed by atoms with Crippen LogP contribution < -0.4 is 10.6 Å². The topological polar surface area (TPSA) is 87.2 Å². The van der Waals surface area contributed by atoms with E-state index in [2.05, 4.69) is 34.7 Å². The number of halogens is 1. The lowest BCUT2D eigenvalue weighted by Crippen LogP contribution is -2.45. The zero-order chi connectivity index (χ0) is 20.1. The molecule has 1 saturated heterocycles. The number of piperidine rings is 1. The number of aromatic nitrogens is 2.